The number of carbonyl (C=O) groups excluding carboxylic acids is 14. The summed E-state index contributed by atoms with van der Waals surface area (Å²) < 4.78 is 86.4. The highest BCUT2D eigenvalue weighted by Gasteiger charge is 2.24. The third kappa shape index (κ3) is 44.8. The highest BCUT2D eigenvalue weighted by atomic mass is 16.6. The molecule has 31 nitrogen and oxygen atoms in total. The third-order valence-corrected chi connectivity index (χ3v) is 16.4. The molecule has 0 radical (unpaired) electrons. The topological polar surface area (TPSA) is 396 Å². The van der Waals surface area contributed by atoms with Gasteiger partial charge in [-0.05, 0) is 145 Å². The fraction of sp³-hybridized carbons (Fsp3) is 0.327. The second-order valence-electron chi connectivity index (χ2n) is 27.9. The number of ether oxygens (including phenoxy) is 17. The highest BCUT2D eigenvalue weighted by Crippen LogP contribution is 2.37. The number of methoxy groups -OCH3 is 3. The van der Waals surface area contributed by atoms with Gasteiger partial charge in [-0.15, -0.1) is 12.8 Å². The molecule has 0 aliphatic carbocycles. The Morgan fingerprint density at radius 1 is 0.295 bits per heavy atom. The molecule has 132 heavy (non-hydrogen) atoms. The first-order chi connectivity index (χ1) is 62.3. The maximum Gasteiger partial charge on any atom is 0.311 e. The predicted octanol–water partition coefficient (Wildman–Crippen LogP) is 18.5. The van der Waals surface area contributed by atoms with Crippen molar-refractivity contribution in [3.05, 3.63) is 240 Å². The summed E-state index contributed by atoms with van der Waals surface area (Å²) in [5, 5.41) is 0. The fourth-order valence-corrected chi connectivity index (χ4v) is 10.6. The van der Waals surface area contributed by atoms with Gasteiger partial charge in [0.15, 0.2) is 46.7 Å². The Bertz CT molecular complexity index is 5160. The smallest absolute Gasteiger partial charge is 0.311 e. The van der Waals surface area contributed by atoms with Crippen LogP contribution >= 0.6 is 0 Å². The zero-order chi connectivity index (χ0) is 100. The lowest BCUT2D eigenvalue weighted by atomic mass is 9.99. The molecule has 0 N–H and O–H groups in total. The molecule has 0 saturated carbocycles. The van der Waals surface area contributed by atoms with Crippen molar-refractivity contribution in [1.29, 1.82) is 0 Å². The summed E-state index contributed by atoms with van der Waals surface area (Å²) in [5.41, 5.74) is 6.47. The monoisotopic (exact) mass is 1820 g/mol. The van der Waals surface area contributed by atoms with E-state index in [0.717, 1.165) is 22.3 Å². The second kappa shape index (κ2) is 61.1. The first-order valence-corrected chi connectivity index (χ1v) is 40.8. The van der Waals surface area contributed by atoms with Crippen LogP contribution in [0.15, 0.2) is 201 Å². The van der Waals surface area contributed by atoms with Gasteiger partial charge >= 0.3 is 83.6 Å². The quantitative estimate of drug-likeness (QED) is 0.0121. The lowest BCUT2D eigenvalue weighted by Gasteiger charge is -2.21. The maximum absolute atomic E-state index is 11.4. The van der Waals surface area contributed by atoms with Gasteiger partial charge in [-0.3, -0.25) is 67.1 Å². The van der Waals surface area contributed by atoms with E-state index >= 15 is 0 Å². The van der Waals surface area contributed by atoms with Gasteiger partial charge in [-0.2, -0.15) is 0 Å². The molecule has 0 bridgehead atoms. The third-order valence-electron chi connectivity index (χ3n) is 16.4. The van der Waals surface area contributed by atoms with Crippen molar-refractivity contribution in [2.45, 2.75) is 193 Å². The normalized spacial score (nSPS) is 11.4. The summed E-state index contributed by atoms with van der Waals surface area (Å²) in [6.45, 7) is 42.5. The van der Waals surface area contributed by atoms with Crippen LogP contribution in [0.1, 0.15) is 232 Å². The van der Waals surface area contributed by atoms with Crippen molar-refractivity contribution < 1.29 is 148 Å². The van der Waals surface area contributed by atoms with Crippen LogP contribution in [0.25, 0.3) is 0 Å². The molecular weight excluding hydrogens is 1710 g/mol. The lowest BCUT2D eigenvalue weighted by Crippen LogP contribution is -2.14. The predicted molar refractivity (Wildman–Crippen MR) is 486 cm³/mol. The molecule has 31 heteroatoms. The van der Waals surface area contributed by atoms with Crippen LogP contribution in [0.5, 0.6) is 57.5 Å². The van der Waals surface area contributed by atoms with Gasteiger partial charge in [0.1, 0.15) is 53.5 Å². The van der Waals surface area contributed by atoms with Crippen molar-refractivity contribution in [2.24, 2.45) is 5.92 Å². The minimum absolute atomic E-state index is 0.175. The summed E-state index contributed by atoms with van der Waals surface area (Å²) in [6, 6.07) is 41.6. The molecule has 0 heterocycles. The van der Waals surface area contributed by atoms with Crippen LogP contribution in [0.4, 0.5) is 0 Å². The van der Waals surface area contributed by atoms with Crippen LogP contribution in [-0.2, 0) is 100 Å². The Morgan fingerprint density at radius 2 is 0.568 bits per heavy atom. The van der Waals surface area contributed by atoms with E-state index in [2.05, 4.69) is 38.2 Å². The average Bonchev–Trinajstić information content (AvgIpc) is 0.715. The number of hydrogen-bond acceptors (Lipinski definition) is 31. The molecule has 7 rings (SSSR count). The Hall–Kier alpha value is -15.4. The molecule has 0 amide bonds. The molecule has 7 atom stereocenters. The maximum atomic E-state index is 11.4. The van der Waals surface area contributed by atoms with Gasteiger partial charge in [-0.25, -0.2) is 0 Å². The van der Waals surface area contributed by atoms with Crippen molar-refractivity contribution in [3.8, 4) is 82.2 Å². The minimum Gasteiger partial charge on any atom is -0.493 e. The van der Waals surface area contributed by atoms with Crippen LogP contribution in [0, 0.1) is 30.6 Å². The summed E-state index contributed by atoms with van der Waals surface area (Å²) in [6.07, 6.45) is 10.9. The molecule has 0 aliphatic heterocycles. The largest absolute Gasteiger partial charge is 0.493 e. The van der Waals surface area contributed by atoms with E-state index in [1.807, 2.05) is 13.8 Å². The molecule has 7 aromatic rings. The van der Waals surface area contributed by atoms with Gasteiger partial charge in [-0.1, -0.05) is 146 Å². The van der Waals surface area contributed by atoms with E-state index in [-0.39, 0.29) is 78.4 Å². The molecule has 7 aromatic carbocycles. The molecule has 0 aromatic heterocycles. The molecule has 0 saturated heterocycles. The van der Waals surface area contributed by atoms with Crippen molar-refractivity contribution >= 4 is 83.6 Å². The summed E-state index contributed by atoms with van der Waals surface area (Å²) in [7, 11) is 4.37. The SMILES string of the molecule is C#CC(OC(C)=O)c1ccc(OC(C)=O)c(OC)c1.C#CC(OC(C)=O)c1ccc(OC(C)=O)cc1.C=C(C)C(OC(C)=O)c1ccc(OC(C)=O)c(OC)c1.C=C(C)C(OC(C)=O)c1ccc(OC(C)=O)cc1.C=CC(OC(=O)CC)c1ccc(OC(=O)CC)c(OC)c1.C=CC(OC(=O)CC)c1ccc(OC(=O)CC)cc1.CC(=O)Oc1ccc(C(OC(C)=O)C(C)C)cc1. The van der Waals surface area contributed by atoms with Crippen LogP contribution in [0.2, 0.25) is 0 Å². The van der Waals surface area contributed by atoms with E-state index in [4.69, 9.17) is 93.4 Å². The standard InChI is InChI=1S/C16H20O5.C15H18O5.C15H18O4.C14H14O5.C14H18O4.C14H16O4.C13H12O4/c1-5-12(20-15(17)6-2)11-8-9-13(14(10-11)19-4)21-16(18)7-3;1-9(2)15(20-11(4)17)12-6-7-13(19-10(3)16)14(8-12)18-5;1-4-13(19-15(17)6-3)11-7-9-12(10-8-11)18-14(16)5-2;1-5-12(18-9(2)15)11-6-7-13(19-10(3)16)14(8-11)17-4;2*1-9(2)14(18-11(4)16)12-5-7-13(8-6-12)17-10(3)15;1-4-13(17-10(3)15)11-5-7-12(8-6-11)16-9(2)14/h5,8-10,12H,1,6-7H2,2-4H3;6-8,15H,1H2,2-5H3;4,7-10,13H,1,5-6H2,2-3H3;1,6-8,12H,2-4H3;5-9,14H,1-4H3;5-8,14H,1H2,2-4H3;1,5-8,13H,2-3H3. The van der Waals surface area contributed by atoms with Crippen molar-refractivity contribution in [1.82, 2.24) is 0 Å². The Balaban J connectivity index is 0.000000771. The first-order valence-electron chi connectivity index (χ1n) is 40.8. The molecule has 0 fully saturated rings. The molecule has 706 valence electrons. The van der Waals surface area contributed by atoms with E-state index in [9.17, 15) is 67.1 Å². The van der Waals surface area contributed by atoms with Crippen LogP contribution in [0.3, 0.4) is 0 Å². The zero-order valence-electron chi connectivity index (χ0n) is 78.2. The Kier molecular flexibility index (Phi) is 53.1. The van der Waals surface area contributed by atoms with Gasteiger partial charge in [0.2, 0.25) is 0 Å². The van der Waals surface area contributed by atoms with Gasteiger partial charge in [0, 0.05) is 117 Å². The zero-order valence-corrected chi connectivity index (χ0v) is 78.2. The Labute approximate surface area is 770 Å². The minimum atomic E-state index is -0.808. The van der Waals surface area contributed by atoms with E-state index < -0.39 is 72.4 Å². The van der Waals surface area contributed by atoms with E-state index in [1.54, 1.807) is 193 Å². The first kappa shape index (κ1) is 115. The Morgan fingerprint density at radius 3 is 0.886 bits per heavy atom. The molecule has 7 unspecified atom stereocenters. The number of esters is 14. The van der Waals surface area contributed by atoms with Crippen LogP contribution in [-0.4, -0.2) is 105 Å². The van der Waals surface area contributed by atoms with Gasteiger partial charge in [0.25, 0.3) is 0 Å². The highest BCUT2D eigenvalue weighted by molar-refractivity contribution is 5.76. The lowest BCUT2D eigenvalue weighted by molar-refractivity contribution is -0.149. The number of terminal acetylenes is 2. The average molecular weight is 1830 g/mol. The summed E-state index contributed by atoms with van der Waals surface area (Å²) in [4.78, 5) is 154. The fourth-order valence-electron chi connectivity index (χ4n) is 10.6. The molecular formula is C101H116O31. The van der Waals surface area contributed by atoms with E-state index in [1.165, 1.54) is 103 Å². The van der Waals surface area contributed by atoms with Gasteiger partial charge in [0.05, 0.1) is 21.3 Å². The van der Waals surface area contributed by atoms with Gasteiger partial charge < -0.3 is 80.5 Å². The van der Waals surface area contributed by atoms with Crippen molar-refractivity contribution in [3.63, 3.8) is 0 Å². The molecule has 0 aliphatic rings. The number of hydrogen-bond donors (Lipinski definition) is 0. The second-order valence-corrected chi connectivity index (χ2v) is 27.9. The summed E-state index contributed by atoms with van der Waals surface area (Å²) in [5.74, 6) is 3.48. The van der Waals surface area contributed by atoms with E-state index in [0.29, 0.717) is 92.4 Å². The van der Waals surface area contributed by atoms with Crippen molar-refractivity contribution in [2.75, 3.05) is 21.3 Å². The van der Waals surface area contributed by atoms with Crippen LogP contribution < -0.4 is 47.4 Å². The number of benzene rings is 7. The summed E-state index contributed by atoms with van der Waals surface area (Å²) >= 11 is 0. The number of carbonyl (C=O) groups is 14. The molecule has 0 spiro atoms. The number of rotatable bonds is 33.